The van der Waals surface area contributed by atoms with Gasteiger partial charge in [-0.1, -0.05) is 36.4 Å². The number of carbonyl (C=O) groups excluding carboxylic acids is 3. The average Bonchev–Trinajstić information content (AvgIpc) is 3.78. The van der Waals surface area contributed by atoms with Crippen LogP contribution in [0.15, 0.2) is 73.8 Å². The highest BCUT2D eigenvalue weighted by molar-refractivity contribution is 8.02. The maximum absolute atomic E-state index is 14.7. The van der Waals surface area contributed by atoms with Crippen molar-refractivity contribution < 1.29 is 24.2 Å². The molecule has 242 valence electrons. The van der Waals surface area contributed by atoms with Crippen LogP contribution in [0.4, 0.5) is 5.69 Å². The number of β-amino-alcohol motifs (C(OH)–C–C–N with tert-alkyl or cyclic N) is 1. The molecule has 6 atom stereocenters. The summed E-state index contributed by atoms with van der Waals surface area (Å²) in [5.74, 6) is -1.35. The lowest BCUT2D eigenvalue weighted by Crippen LogP contribution is -2.58. The van der Waals surface area contributed by atoms with Crippen LogP contribution in [-0.4, -0.2) is 96.5 Å². The van der Waals surface area contributed by atoms with Gasteiger partial charge in [0.2, 0.25) is 17.7 Å². The van der Waals surface area contributed by atoms with E-state index in [0.29, 0.717) is 30.0 Å². The van der Waals surface area contributed by atoms with E-state index in [1.54, 1.807) is 38.4 Å². The van der Waals surface area contributed by atoms with E-state index in [2.05, 4.69) is 30.4 Å². The zero-order chi connectivity index (χ0) is 32.6. The second-order valence-corrected chi connectivity index (χ2v) is 13.6. The zero-order valence-electron chi connectivity index (χ0n) is 26.2. The summed E-state index contributed by atoms with van der Waals surface area (Å²) in [6.45, 7) is 12.6. The summed E-state index contributed by atoms with van der Waals surface area (Å²) < 4.78 is 6.42. The summed E-state index contributed by atoms with van der Waals surface area (Å²) in [6, 6.07) is 14.0. The van der Waals surface area contributed by atoms with Gasteiger partial charge >= 0.3 is 0 Å². The summed E-state index contributed by atoms with van der Waals surface area (Å²) in [4.78, 5) is 48.5. The lowest BCUT2D eigenvalue weighted by Gasteiger charge is -2.41. The molecule has 11 nitrogen and oxygen atoms in total. The van der Waals surface area contributed by atoms with Gasteiger partial charge in [0.25, 0.3) is 0 Å². The average molecular weight is 645 g/mol. The summed E-state index contributed by atoms with van der Waals surface area (Å²) in [5, 5.41) is 18.5. The third-order valence-electron chi connectivity index (χ3n) is 9.53. The molecule has 2 aromatic carbocycles. The number of rotatable bonds is 13. The van der Waals surface area contributed by atoms with Gasteiger partial charge in [0, 0.05) is 30.6 Å². The van der Waals surface area contributed by atoms with Crippen LogP contribution in [0.1, 0.15) is 20.3 Å². The maximum atomic E-state index is 14.7. The Kier molecular flexibility index (Phi) is 8.93. The molecule has 0 aliphatic carbocycles. The van der Waals surface area contributed by atoms with Crippen molar-refractivity contribution in [2.45, 2.75) is 43.0 Å². The van der Waals surface area contributed by atoms with E-state index in [1.165, 1.54) is 4.90 Å². The molecule has 46 heavy (non-hydrogen) atoms. The van der Waals surface area contributed by atoms with Crippen molar-refractivity contribution in [2.75, 3.05) is 37.7 Å². The molecule has 1 N–H and O–H groups in total. The number of carbonyl (C=O) groups is 3. The van der Waals surface area contributed by atoms with Gasteiger partial charge in [-0.15, -0.1) is 30.0 Å². The largest absolute Gasteiger partial charge is 0.494 e. The van der Waals surface area contributed by atoms with Crippen LogP contribution < -0.4 is 9.64 Å². The molecule has 3 aliphatic heterocycles. The Bertz CT molecular complexity index is 1640. The Morgan fingerprint density at radius 2 is 1.87 bits per heavy atom. The van der Waals surface area contributed by atoms with E-state index in [1.807, 2.05) is 55.5 Å². The van der Waals surface area contributed by atoms with Crippen molar-refractivity contribution in [2.24, 2.45) is 17.8 Å². The standard InChI is InChI=1S/C34H40N6O5S/c1-5-16-37(21-40-26-11-9-8-10-25(26)35-36-40)33(44)30-34-22(4)20-27(46-34)28(29(34)32(43)39(30)18-19-41)31(42)38(17-6-2)23-12-14-24(15-13-23)45-7-3/h5-6,8-15,22,27-30,41H,1-2,7,16-21H2,3-4H3/t22?,27-,28+,29-,30?,34?/m0/s1. The van der Waals surface area contributed by atoms with Crippen molar-refractivity contribution in [3.8, 4) is 5.75 Å². The van der Waals surface area contributed by atoms with Crippen LogP contribution >= 0.6 is 11.8 Å². The molecule has 3 amide bonds. The smallest absolute Gasteiger partial charge is 0.248 e. The number of hydrogen-bond donors (Lipinski definition) is 1. The number of para-hydroxylation sites is 1. The second-order valence-electron chi connectivity index (χ2n) is 12.0. The van der Waals surface area contributed by atoms with Gasteiger partial charge in [-0.25, -0.2) is 4.68 Å². The monoisotopic (exact) mass is 644 g/mol. The number of aromatic nitrogens is 3. The third-order valence-corrected chi connectivity index (χ3v) is 11.6. The number of aliphatic hydroxyl groups is 1. The lowest BCUT2D eigenvalue weighted by molar-refractivity contribution is -0.144. The number of fused-ring (bicyclic) bond motifs is 2. The number of thioether (sulfide) groups is 1. The van der Waals surface area contributed by atoms with Crippen molar-refractivity contribution in [3.63, 3.8) is 0 Å². The molecule has 6 rings (SSSR count). The number of anilines is 1. The first kappa shape index (κ1) is 31.8. The molecule has 3 unspecified atom stereocenters. The van der Waals surface area contributed by atoms with Crippen LogP contribution in [-0.2, 0) is 21.1 Å². The topological polar surface area (TPSA) is 121 Å². The zero-order valence-corrected chi connectivity index (χ0v) is 27.0. The number of hydrogen-bond acceptors (Lipinski definition) is 8. The Labute approximate surface area is 272 Å². The van der Waals surface area contributed by atoms with Gasteiger partial charge in [-0.05, 0) is 55.7 Å². The van der Waals surface area contributed by atoms with E-state index in [0.717, 1.165) is 5.52 Å². The number of ether oxygens (including phenoxy) is 1. The van der Waals surface area contributed by atoms with E-state index in [-0.39, 0.29) is 61.8 Å². The summed E-state index contributed by atoms with van der Waals surface area (Å²) >= 11 is 1.60. The normalized spacial score (nSPS) is 26.3. The van der Waals surface area contributed by atoms with Crippen LogP contribution in [0, 0.1) is 17.8 Å². The van der Waals surface area contributed by atoms with E-state index < -0.39 is 22.6 Å². The quantitative estimate of drug-likeness (QED) is 0.282. The molecule has 3 aromatic rings. The van der Waals surface area contributed by atoms with Gasteiger partial charge in [-0.2, -0.15) is 0 Å². The third kappa shape index (κ3) is 5.07. The highest BCUT2D eigenvalue weighted by Crippen LogP contribution is 2.69. The van der Waals surface area contributed by atoms with Crippen molar-refractivity contribution in [3.05, 3.63) is 73.8 Å². The van der Waals surface area contributed by atoms with Gasteiger partial charge < -0.3 is 24.5 Å². The molecule has 0 saturated carbocycles. The fourth-order valence-corrected chi connectivity index (χ4v) is 10.1. The maximum Gasteiger partial charge on any atom is 0.248 e. The molecule has 4 heterocycles. The Morgan fingerprint density at radius 3 is 2.57 bits per heavy atom. The second kappa shape index (κ2) is 12.9. The van der Waals surface area contributed by atoms with Crippen LogP contribution in [0.5, 0.6) is 5.75 Å². The summed E-state index contributed by atoms with van der Waals surface area (Å²) in [5.41, 5.74) is 2.18. The highest BCUT2D eigenvalue weighted by atomic mass is 32.2. The Morgan fingerprint density at radius 1 is 1.13 bits per heavy atom. The predicted molar refractivity (Wildman–Crippen MR) is 177 cm³/mol. The minimum absolute atomic E-state index is 0.00417. The van der Waals surface area contributed by atoms with Gasteiger partial charge in [0.1, 0.15) is 24.0 Å². The molecular weight excluding hydrogens is 604 g/mol. The molecule has 3 aliphatic rings. The van der Waals surface area contributed by atoms with E-state index in [4.69, 9.17) is 4.74 Å². The summed E-state index contributed by atoms with van der Waals surface area (Å²) in [6.07, 6.45) is 4.02. The van der Waals surface area contributed by atoms with Gasteiger partial charge in [0.15, 0.2) is 0 Å². The van der Waals surface area contributed by atoms with Gasteiger partial charge in [-0.3, -0.25) is 14.4 Å². The first-order chi connectivity index (χ1) is 22.3. The van der Waals surface area contributed by atoms with E-state index >= 15 is 0 Å². The number of aliphatic hydroxyl groups excluding tert-OH is 1. The molecule has 3 fully saturated rings. The number of likely N-dealkylation sites (tertiary alicyclic amines) is 1. The number of amides is 3. The first-order valence-corrected chi connectivity index (χ1v) is 16.6. The molecule has 12 heteroatoms. The molecule has 3 saturated heterocycles. The van der Waals surface area contributed by atoms with E-state index in [9.17, 15) is 19.5 Å². The fraction of sp³-hybridized carbons (Fsp3) is 0.441. The Hall–Kier alpha value is -4.16. The molecule has 0 radical (unpaired) electrons. The lowest BCUT2D eigenvalue weighted by atomic mass is 9.65. The van der Waals surface area contributed by atoms with Crippen LogP contribution in [0.3, 0.4) is 0 Å². The molecule has 1 spiro atoms. The minimum Gasteiger partial charge on any atom is -0.494 e. The van der Waals surface area contributed by atoms with Crippen LogP contribution in [0.2, 0.25) is 0 Å². The number of benzene rings is 2. The number of nitrogens with zero attached hydrogens (tertiary/aromatic N) is 6. The van der Waals surface area contributed by atoms with Gasteiger partial charge in [0.05, 0.1) is 35.3 Å². The Balaban J connectivity index is 1.36. The van der Waals surface area contributed by atoms with Crippen LogP contribution in [0.25, 0.3) is 11.0 Å². The predicted octanol–water partition coefficient (Wildman–Crippen LogP) is 3.35. The molecular formula is C34H40N6O5S. The fourth-order valence-electron chi connectivity index (χ4n) is 7.68. The first-order valence-electron chi connectivity index (χ1n) is 15.7. The summed E-state index contributed by atoms with van der Waals surface area (Å²) in [7, 11) is 0. The molecule has 1 aromatic heterocycles. The van der Waals surface area contributed by atoms with Crippen molar-refractivity contribution >= 4 is 46.2 Å². The molecule has 2 bridgehead atoms. The van der Waals surface area contributed by atoms with Crippen molar-refractivity contribution in [1.82, 2.24) is 24.8 Å². The SMILES string of the molecule is C=CCN(Cn1nnc2ccccc21)C(=O)C1N(CCO)C(=O)[C@@H]2[C@H](C(=O)N(CC=C)c3ccc(OCC)cc3)[C@@H]3CC(C)C12S3. The minimum atomic E-state index is -0.868. The highest BCUT2D eigenvalue weighted by Gasteiger charge is 2.76. The van der Waals surface area contributed by atoms with Crippen molar-refractivity contribution in [1.29, 1.82) is 0 Å².